The van der Waals surface area contributed by atoms with Crippen molar-refractivity contribution in [2.45, 2.75) is 51.6 Å². The fraction of sp³-hybridized carbons (Fsp3) is 0.714. The molecule has 1 saturated heterocycles. The van der Waals surface area contributed by atoms with E-state index in [1.807, 2.05) is 0 Å². The first-order chi connectivity index (χ1) is 10.4. The number of amides is 4. The summed E-state index contributed by atoms with van der Waals surface area (Å²) in [7, 11) is 0. The third-order valence-electron chi connectivity index (χ3n) is 3.26. The third kappa shape index (κ3) is 7.61. The van der Waals surface area contributed by atoms with E-state index in [4.69, 9.17) is 0 Å². The number of carbonyl (C=O) groups excluding carboxylic acids is 4. The van der Waals surface area contributed by atoms with Crippen molar-refractivity contribution < 1.29 is 19.2 Å². The van der Waals surface area contributed by atoms with Crippen LogP contribution < -0.4 is 21.3 Å². The lowest BCUT2D eigenvalue weighted by atomic mass is 10.2. The Kier molecular flexibility index (Phi) is 7.34. The highest BCUT2D eigenvalue weighted by Crippen LogP contribution is 1.95. The maximum Gasteiger partial charge on any atom is 0.229 e. The Morgan fingerprint density at radius 2 is 1.05 bits per heavy atom. The molecule has 1 aliphatic rings. The van der Waals surface area contributed by atoms with Crippen molar-refractivity contribution in [3.8, 4) is 0 Å². The molecule has 4 amide bonds. The summed E-state index contributed by atoms with van der Waals surface area (Å²) < 4.78 is 0. The summed E-state index contributed by atoms with van der Waals surface area (Å²) in [5.41, 5.74) is 0. The van der Waals surface area contributed by atoms with Crippen molar-refractivity contribution in [2.75, 3.05) is 13.1 Å². The van der Waals surface area contributed by atoms with E-state index in [1.54, 1.807) is 13.8 Å². The van der Waals surface area contributed by atoms with Crippen LogP contribution in [-0.2, 0) is 19.2 Å². The molecule has 8 heteroatoms. The Bertz CT molecular complexity index is 399. The zero-order valence-corrected chi connectivity index (χ0v) is 13.0. The van der Waals surface area contributed by atoms with E-state index >= 15 is 0 Å². The van der Waals surface area contributed by atoms with Gasteiger partial charge >= 0.3 is 0 Å². The Balaban J connectivity index is 2.58. The molecule has 1 aliphatic heterocycles. The average Bonchev–Trinajstić information content (AvgIpc) is 2.36. The summed E-state index contributed by atoms with van der Waals surface area (Å²) >= 11 is 0. The summed E-state index contributed by atoms with van der Waals surface area (Å²) in [6.07, 6.45) is 0.600. The van der Waals surface area contributed by atoms with Crippen molar-refractivity contribution in [2.24, 2.45) is 0 Å². The van der Waals surface area contributed by atoms with Gasteiger partial charge in [-0.15, -0.1) is 0 Å². The first-order valence-corrected chi connectivity index (χ1v) is 7.49. The number of hydrogen-bond acceptors (Lipinski definition) is 4. The topological polar surface area (TPSA) is 116 Å². The minimum atomic E-state index is -0.344. The van der Waals surface area contributed by atoms with Gasteiger partial charge in [0, 0.05) is 25.2 Å². The van der Waals surface area contributed by atoms with Gasteiger partial charge < -0.3 is 21.3 Å². The van der Waals surface area contributed by atoms with E-state index in [1.165, 1.54) is 0 Å². The first-order valence-electron chi connectivity index (χ1n) is 7.49. The average molecular weight is 312 g/mol. The zero-order valence-electron chi connectivity index (χ0n) is 13.0. The highest BCUT2D eigenvalue weighted by Gasteiger charge is 2.15. The lowest BCUT2D eigenvalue weighted by Gasteiger charge is -2.17. The molecular weight excluding hydrogens is 288 g/mol. The quantitative estimate of drug-likeness (QED) is 0.420. The van der Waals surface area contributed by atoms with Gasteiger partial charge in [-0.05, 0) is 26.7 Å². The Morgan fingerprint density at radius 3 is 1.41 bits per heavy atom. The first kappa shape index (κ1) is 17.9. The largest absolute Gasteiger partial charge is 0.356 e. The molecule has 22 heavy (non-hydrogen) atoms. The normalized spacial score (nSPS) is 26.5. The number of carbonyl (C=O) groups is 4. The predicted octanol–water partition coefficient (Wildman–Crippen LogP) is -1.20. The molecule has 0 aromatic heterocycles. The lowest BCUT2D eigenvalue weighted by Crippen LogP contribution is -2.42. The maximum atomic E-state index is 11.7. The van der Waals surface area contributed by atoms with Gasteiger partial charge in [0.15, 0.2) is 0 Å². The molecule has 1 fully saturated rings. The molecule has 1 heterocycles. The van der Waals surface area contributed by atoms with Crippen molar-refractivity contribution in [1.82, 2.24) is 21.3 Å². The Hall–Kier alpha value is -2.12. The number of rotatable bonds is 0. The molecule has 0 aromatic carbocycles. The van der Waals surface area contributed by atoms with Crippen LogP contribution in [0.3, 0.4) is 0 Å². The Labute approximate surface area is 129 Å². The van der Waals surface area contributed by atoms with Gasteiger partial charge in [-0.25, -0.2) is 0 Å². The van der Waals surface area contributed by atoms with E-state index < -0.39 is 0 Å². The summed E-state index contributed by atoms with van der Waals surface area (Å²) in [6.45, 7) is 4.30. The molecule has 0 radical (unpaired) electrons. The molecule has 0 aliphatic carbocycles. The zero-order chi connectivity index (χ0) is 16.5. The smallest absolute Gasteiger partial charge is 0.229 e. The summed E-state index contributed by atoms with van der Waals surface area (Å²) in [4.78, 5) is 46.5. The predicted molar refractivity (Wildman–Crippen MR) is 79.7 cm³/mol. The van der Waals surface area contributed by atoms with Crippen molar-refractivity contribution in [3.63, 3.8) is 0 Å². The minimum Gasteiger partial charge on any atom is -0.356 e. The van der Waals surface area contributed by atoms with Crippen LogP contribution >= 0.6 is 0 Å². The second-order valence-corrected chi connectivity index (χ2v) is 5.57. The van der Waals surface area contributed by atoms with Crippen LogP contribution in [0.25, 0.3) is 0 Å². The molecule has 2 atom stereocenters. The second-order valence-electron chi connectivity index (χ2n) is 5.57. The van der Waals surface area contributed by atoms with Crippen LogP contribution in [0.15, 0.2) is 0 Å². The standard InChI is InChI=1S/C14H24N4O4/c1-9-3-5-15-12(20)8-14(22)18-10(2)4-6-16-11(19)7-13(21)17-9/h9-10H,3-8H2,1-2H3,(H,15,20)(H,16,19)(H,17,21)(H,18,22). The highest BCUT2D eigenvalue weighted by molar-refractivity contribution is 5.97. The van der Waals surface area contributed by atoms with Crippen LogP contribution in [0.1, 0.15) is 39.5 Å². The Morgan fingerprint density at radius 1 is 0.682 bits per heavy atom. The summed E-state index contributed by atoms with van der Waals surface area (Å²) in [5.74, 6) is -1.37. The molecule has 124 valence electrons. The SMILES string of the molecule is CC1CCNC(=O)CC(=O)NC(C)CCNC(=O)CC(=O)N1. The molecule has 8 nitrogen and oxygen atoms in total. The fourth-order valence-corrected chi connectivity index (χ4v) is 2.07. The molecule has 1 rings (SSSR count). The van der Waals surface area contributed by atoms with Gasteiger partial charge in [-0.3, -0.25) is 19.2 Å². The van der Waals surface area contributed by atoms with E-state index in [0.717, 1.165) is 0 Å². The molecule has 0 aromatic rings. The fourth-order valence-electron chi connectivity index (χ4n) is 2.07. The van der Waals surface area contributed by atoms with Gasteiger partial charge in [-0.2, -0.15) is 0 Å². The van der Waals surface area contributed by atoms with Crippen molar-refractivity contribution in [3.05, 3.63) is 0 Å². The maximum absolute atomic E-state index is 11.7. The summed E-state index contributed by atoms with van der Waals surface area (Å²) in [5, 5.41) is 10.7. The molecule has 4 N–H and O–H groups in total. The van der Waals surface area contributed by atoms with Crippen LogP contribution in [0.2, 0.25) is 0 Å². The number of hydrogen-bond donors (Lipinski definition) is 4. The third-order valence-corrected chi connectivity index (χ3v) is 3.26. The van der Waals surface area contributed by atoms with Gasteiger partial charge in [0.25, 0.3) is 0 Å². The van der Waals surface area contributed by atoms with Gasteiger partial charge in [-0.1, -0.05) is 0 Å². The van der Waals surface area contributed by atoms with E-state index in [2.05, 4.69) is 21.3 Å². The van der Waals surface area contributed by atoms with Gasteiger partial charge in [0.2, 0.25) is 23.6 Å². The van der Waals surface area contributed by atoms with Gasteiger partial charge in [0.1, 0.15) is 12.8 Å². The second kappa shape index (κ2) is 9.01. The molecule has 2 unspecified atom stereocenters. The summed E-state index contributed by atoms with van der Waals surface area (Å²) in [6, 6.07) is -0.329. The molecule has 0 saturated carbocycles. The minimum absolute atomic E-state index is 0.164. The van der Waals surface area contributed by atoms with Crippen LogP contribution in [-0.4, -0.2) is 48.8 Å². The van der Waals surface area contributed by atoms with Gasteiger partial charge in [0.05, 0.1) is 0 Å². The molecular formula is C14H24N4O4. The number of nitrogens with one attached hydrogen (secondary N) is 4. The highest BCUT2D eigenvalue weighted by atomic mass is 16.2. The van der Waals surface area contributed by atoms with Crippen molar-refractivity contribution >= 4 is 23.6 Å². The van der Waals surface area contributed by atoms with Crippen LogP contribution in [0, 0.1) is 0 Å². The monoisotopic (exact) mass is 312 g/mol. The van der Waals surface area contributed by atoms with E-state index in [-0.39, 0.29) is 48.6 Å². The van der Waals surface area contributed by atoms with Crippen molar-refractivity contribution in [1.29, 1.82) is 0 Å². The molecule has 0 bridgehead atoms. The van der Waals surface area contributed by atoms with E-state index in [9.17, 15) is 19.2 Å². The lowest BCUT2D eigenvalue weighted by molar-refractivity contribution is -0.130. The van der Waals surface area contributed by atoms with Crippen LogP contribution in [0.4, 0.5) is 0 Å². The van der Waals surface area contributed by atoms with E-state index in [0.29, 0.717) is 25.9 Å². The van der Waals surface area contributed by atoms with Crippen LogP contribution in [0.5, 0.6) is 0 Å². The molecule has 0 spiro atoms.